The van der Waals surface area contributed by atoms with E-state index >= 15 is 0 Å². The Hall–Kier alpha value is -1.76. The molecule has 0 saturated heterocycles. The SMILES string of the molecule is C=C/C=C\C(=C/C)c1ccccc1N. The number of hydrogen-bond donors (Lipinski definition) is 1. The lowest BCUT2D eigenvalue weighted by Crippen LogP contribution is -1.91. The van der Waals surface area contributed by atoms with E-state index in [4.69, 9.17) is 5.73 Å². The van der Waals surface area contributed by atoms with E-state index in [-0.39, 0.29) is 0 Å². The Morgan fingerprint density at radius 2 is 2.07 bits per heavy atom. The first kappa shape index (κ1) is 10.3. The van der Waals surface area contributed by atoms with Gasteiger partial charge in [-0.1, -0.05) is 49.1 Å². The van der Waals surface area contributed by atoms with Crippen molar-refractivity contribution >= 4 is 11.3 Å². The van der Waals surface area contributed by atoms with Crippen LogP contribution in [0.2, 0.25) is 0 Å². The lowest BCUT2D eigenvalue weighted by molar-refractivity contribution is 1.58. The molecule has 1 rings (SSSR count). The Morgan fingerprint density at radius 1 is 1.36 bits per heavy atom. The molecule has 72 valence electrons. The van der Waals surface area contributed by atoms with E-state index in [0.29, 0.717) is 0 Å². The first-order valence-corrected chi connectivity index (χ1v) is 4.60. The van der Waals surface area contributed by atoms with Crippen LogP contribution < -0.4 is 5.73 Å². The second-order valence-electron chi connectivity index (χ2n) is 2.93. The largest absolute Gasteiger partial charge is 0.398 e. The first-order valence-electron chi connectivity index (χ1n) is 4.60. The van der Waals surface area contributed by atoms with Gasteiger partial charge in [0.25, 0.3) is 0 Å². The highest BCUT2D eigenvalue weighted by Gasteiger charge is 1.99. The lowest BCUT2D eigenvalue weighted by Gasteiger charge is -2.05. The van der Waals surface area contributed by atoms with Crippen molar-refractivity contribution in [3.05, 3.63) is 60.7 Å². The van der Waals surface area contributed by atoms with E-state index in [1.165, 1.54) is 0 Å². The van der Waals surface area contributed by atoms with Gasteiger partial charge in [0.1, 0.15) is 0 Å². The van der Waals surface area contributed by atoms with Crippen molar-refractivity contribution in [2.45, 2.75) is 6.92 Å². The molecule has 2 N–H and O–H groups in total. The number of allylic oxidation sites excluding steroid dienone is 5. The summed E-state index contributed by atoms with van der Waals surface area (Å²) in [7, 11) is 0. The summed E-state index contributed by atoms with van der Waals surface area (Å²) in [5.74, 6) is 0. The fourth-order valence-electron chi connectivity index (χ4n) is 1.27. The van der Waals surface area contributed by atoms with Crippen molar-refractivity contribution in [2.75, 3.05) is 5.73 Å². The summed E-state index contributed by atoms with van der Waals surface area (Å²) in [6, 6.07) is 7.83. The van der Waals surface area contributed by atoms with Gasteiger partial charge in [0.2, 0.25) is 0 Å². The molecule has 0 unspecified atom stereocenters. The van der Waals surface area contributed by atoms with Crippen LogP contribution in [0.15, 0.2) is 55.1 Å². The Morgan fingerprint density at radius 3 is 2.64 bits per heavy atom. The molecule has 0 aliphatic rings. The summed E-state index contributed by atoms with van der Waals surface area (Å²) in [4.78, 5) is 0. The van der Waals surface area contributed by atoms with Gasteiger partial charge in [0.05, 0.1) is 0 Å². The Labute approximate surface area is 85.3 Å². The van der Waals surface area contributed by atoms with Crippen LogP contribution in [0.5, 0.6) is 0 Å². The number of nitrogens with two attached hydrogens (primary N) is 1. The number of para-hydroxylation sites is 1. The van der Waals surface area contributed by atoms with Crippen molar-refractivity contribution in [3.63, 3.8) is 0 Å². The van der Waals surface area contributed by atoms with Gasteiger partial charge < -0.3 is 5.73 Å². The van der Waals surface area contributed by atoms with Gasteiger partial charge in [-0.15, -0.1) is 0 Å². The van der Waals surface area contributed by atoms with Crippen LogP contribution in [0.25, 0.3) is 5.57 Å². The zero-order valence-corrected chi connectivity index (χ0v) is 8.40. The van der Waals surface area contributed by atoms with Crippen molar-refractivity contribution in [1.82, 2.24) is 0 Å². The summed E-state index contributed by atoms with van der Waals surface area (Å²) in [5.41, 5.74) is 8.85. The Balaban J connectivity index is 3.08. The van der Waals surface area contributed by atoms with Crippen LogP contribution in [0.3, 0.4) is 0 Å². The highest BCUT2D eigenvalue weighted by molar-refractivity contribution is 5.81. The van der Waals surface area contributed by atoms with Crippen molar-refractivity contribution in [2.24, 2.45) is 0 Å². The molecule has 1 aromatic rings. The van der Waals surface area contributed by atoms with Crippen LogP contribution in [-0.4, -0.2) is 0 Å². The average Bonchev–Trinajstić information content (AvgIpc) is 2.21. The van der Waals surface area contributed by atoms with Crippen molar-refractivity contribution < 1.29 is 0 Å². The zero-order chi connectivity index (χ0) is 10.4. The predicted molar refractivity (Wildman–Crippen MR) is 63.8 cm³/mol. The fourth-order valence-corrected chi connectivity index (χ4v) is 1.27. The summed E-state index contributed by atoms with van der Waals surface area (Å²) in [5, 5.41) is 0. The number of nitrogen functional groups attached to an aromatic ring is 1. The minimum atomic E-state index is 0.800. The molecule has 1 nitrogen and oxygen atoms in total. The minimum absolute atomic E-state index is 0.800. The summed E-state index contributed by atoms with van der Waals surface area (Å²) >= 11 is 0. The third-order valence-corrected chi connectivity index (χ3v) is 1.99. The van der Waals surface area contributed by atoms with Crippen LogP contribution >= 0.6 is 0 Å². The molecular formula is C13H15N. The molecule has 0 spiro atoms. The predicted octanol–water partition coefficient (Wildman–Crippen LogP) is 3.41. The highest BCUT2D eigenvalue weighted by atomic mass is 14.6. The summed E-state index contributed by atoms with van der Waals surface area (Å²) in [6.07, 6.45) is 7.69. The van der Waals surface area contributed by atoms with Crippen LogP contribution in [0.4, 0.5) is 5.69 Å². The average molecular weight is 185 g/mol. The molecule has 0 aromatic heterocycles. The lowest BCUT2D eigenvalue weighted by atomic mass is 10.0. The van der Waals surface area contributed by atoms with E-state index in [2.05, 4.69) is 6.58 Å². The molecule has 0 aliphatic carbocycles. The monoisotopic (exact) mass is 185 g/mol. The Kier molecular flexibility index (Phi) is 3.74. The van der Waals surface area contributed by atoms with E-state index < -0.39 is 0 Å². The van der Waals surface area contributed by atoms with Crippen molar-refractivity contribution in [3.8, 4) is 0 Å². The third-order valence-electron chi connectivity index (χ3n) is 1.99. The van der Waals surface area contributed by atoms with Crippen LogP contribution in [0.1, 0.15) is 12.5 Å². The molecule has 0 aliphatic heterocycles. The normalized spacial score (nSPS) is 11.9. The van der Waals surface area contributed by atoms with Gasteiger partial charge in [0, 0.05) is 11.3 Å². The standard InChI is InChI=1S/C13H15N/c1-3-5-8-11(4-2)12-9-6-7-10-13(12)14/h3-10H,1,14H2,2H3/b8-5-,11-4+. The molecule has 1 heteroatoms. The van der Waals surface area contributed by atoms with E-state index in [1.807, 2.05) is 49.4 Å². The van der Waals surface area contributed by atoms with Crippen LogP contribution in [-0.2, 0) is 0 Å². The van der Waals surface area contributed by atoms with Gasteiger partial charge >= 0.3 is 0 Å². The molecular weight excluding hydrogens is 170 g/mol. The molecule has 14 heavy (non-hydrogen) atoms. The topological polar surface area (TPSA) is 26.0 Å². The first-order chi connectivity index (χ1) is 6.79. The van der Waals surface area contributed by atoms with Crippen molar-refractivity contribution in [1.29, 1.82) is 0 Å². The second kappa shape index (κ2) is 5.07. The number of hydrogen-bond acceptors (Lipinski definition) is 1. The van der Waals surface area contributed by atoms with E-state index in [9.17, 15) is 0 Å². The fraction of sp³-hybridized carbons (Fsp3) is 0.0769. The van der Waals surface area contributed by atoms with E-state index in [1.54, 1.807) is 6.08 Å². The maximum Gasteiger partial charge on any atom is 0.0393 e. The van der Waals surface area contributed by atoms with Gasteiger partial charge in [-0.3, -0.25) is 0 Å². The summed E-state index contributed by atoms with van der Waals surface area (Å²) < 4.78 is 0. The molecule has 0 fully saturated rings. The maximum absolute atomic E-state index is 5.87. The zero-order valence-electron chi connectivity index (χ0n) is 8.40. The van der Waals surface area contributed by atoms with Gasteiger partial charge in [-0.25, -0.2) is 0 Å². The molecule has 0 saturated carbocycles. The number of rotatable bonds is 3. The number of anilines is 1. The molecule has 1 aromatic carbocycles. The smallest absolute Gasteiger partial charge is 0.0393 e. The van der Waals surface area contributed by atoms with Gasteiger partial charge in [-0.05, 0) is 18.6 Å². The molecule has 0 atom stereocenters. The number of benzene rings is 1. The Bertz CT molecular complexity index is 373. The van der Waals surface area contributed by atoms with E-state index in [0.717, 1.165) is 16.8 Å². The second-order valence-corrected chi connectivity index (χ2v) is 2.93. The van der Waals surface area contributed by atoms with Crippen LogP contribution in [0, 0.1) is 0 Å². The molecule has 0 heterocycles. The third kappa shape index (κ3) is 2.36. The quantitative estimate of drug-likeness (QED) is 0.566. The molecule has 0 radical (unpaired) electrons. The van der Waals surface area contributed by atoms with Gasteiger partial charge in [0.15, 0.2) is 0 Å². The summed E-state index contributed by atoms with van der Waals surface area (Å²) in [6.45, 7) is 5.63. The minimum Gasteiger partial charge on any atom is -0.398 e. The molecule has 0 bridgehead atoms. The maximum atomic E-state index is 5.87. The van der Waals surface area contributed by atoms with Gasteiger partial charge in [-0.2, -0.15) is 0 Å². The highest BCUT2D eigenvalue weighted by Crippen LogP contribution is 2.21. The molecule has 0 amide bonds.